The summed E-state index contributed by atoms with van der Waals surface area (Å²) in [6.07, 6.45) is 5.46. The van der Waals surface area contributed by atoms with Crippen molar-refractivity contribution in [1.82, 2.24) is 20.4 Å². The number of hydrogen-bond donors (Lipinski definition) is 3. The molecule has 0 spiro atoms. The molecule has 29 heavy (non-hydrogen) atoms. The maximum Gasteiger partial charge on any atom is 0.222 e. The zero-order valence-electron chi connectivity index (χ0n) is 18.0. The van der Waals surface area contributed by atoms with Gasteiger partial charge in [0, 0.05) is 44.6 Å². The van der Waals surface area contributed by atoms with Crippen molar-refractivity contribution in [2.45, 2.75) is 58.4 Å². The van der Waals surface area contributed by atoms with Crippen molar-refractivity contribution in [1.29, 1.82) is 0 Å². The second kappa shape index (κ2) is 14.0. The number of aliphatic imine (C=N–C) groups is 1. The van der Waals surface area contributed by atoms with Gasteiger partial charge in [0.2, 0.25) is 11.8 Å². The highest BCUT2D eigenvalue weighted by atomic mass is 127. The molecule has 0 bridgehead atoms. The fourth-order valence-electron chi connectivity index (χ4n) is 3.92. The second-order valence-corrected chi connectivity index (χ2v) is 7.81. The molecular weight excluding hydrogens is 483 g/mol. The Balaban J connectivity index is 0.00000420. The first-order valence-corrected chi connectivity index (χ1v) is 10.9. The number of halogens is 1. The Labute approximate surface area is 192 Å². The summed E-state index contributed by atoms with van der Waals surface area (Å²) in [5.74, 6) is 0.988. The van der Waals surface area contributed by atoms with Crippen molar-refractivity contribution in [2.75, 3.05) is 45.8 Å². The Hall–Kier alpha value is -1.10. The van der Waals surface area contributed by atoms with Crippen molar-refractivity contribution in [2.24, 2.45) is 16.6 Å². The summed E-state index contributed by atoms with van der Waals surface area (Å²) in [6, 6.07) is 0.278. The molecule has 0 aromatic carbocycles. The van der Waals surface area contributed by atoms with Gasteiger partial charge in [0.1, 0.15) is 0 Å². The molecular formula is C20H39IN6O2. The number of carbonyl (C=O) groups excluding carboxylic acids is 2. The van der Waals surface area contributed by atoms with Crippen LogP contribution in [0.1, 0.15) is 52.4 Å². The smallest absolute Gasteiger partial charge is 0.222 e. The van der Waals surface area contributed by atoms with E-state index in [1.807, 2.05) is 11.8 Å². The fraction of sp³-hybridized carbons (Fsp3) is 0.850. The monoisotopic (exact) mass is 522 g/mol. The van der Waals surface area contributed by atoms with E-state index in [9.17, 15) is 9.59 Å². The molecule has 1 unspecified atom stereocenters. The fourth-order valence-corrected chi connectivity index (χ4v) is 3.92. The normalized spacial score (nSPS) is 21.0. The summed E-state index contributed by atoms with van der Waals surface area (Å²) in [6.45, 7) is 10.2. The first kappa shape index (κ1) is 25.9. The van der Waals surface area contributed by atoms with Gasteiger partial charge in [-0.1, -0.05) is 6.92 Å². The lowest BCUT2D eigenvalue weighted by atomic mass is 9.96. The maximum absolute atomic E-state index is 11.8. The molecule has 9 heteroatoms. The van der Waals surface area contributed by atoms with Crippen LogP contribution in [0.3, 0.4) is 0 Å². The topological polar surface area (TPSA) is 103 Å². The van der Waals surface area contributed by atoms with E-state index in [1.165, 1.54) is 0 Å². The molecule has 2 rings (SSSR count). The molecule has 0 aromatic heterocycles. The van der Waals surface area contributed by atoms with E-state index in [4.69, 9.17) is 10.7 Å². The number of piperidine rings is 1. The van der Waals surface area contributed by atoms with Gasteiger partial charge in [0.15, 0.2) is 5.96 Å². The molecule has 0 aromatic rings. The van der Waals surface area contributed by atoms with Crippen LogP contribution in [0.4, 0.5) is 0 Å². The Bertz CT molecular complexity index is 537. The number of primary amides is 1. The molecule has 1 atom stereocenters. The quantitative estimate of drug-likeness (QED) is 0.183. The molecule has 4 N–H and O–H groups in total. The van der Waals surface area contributed by atoms with Crippen LogP contribution < -0.4 is 16.4 Å². The number of unbranched alkanes of at least 4 members (excludes halogenated alkanes) is 1. The average Bonchev–Trinajstić information content (AvgIpc) is 3.16. The predicted molar refractivity (Wildman–Crippen MR) is 127 cm³/mol. The van der Waals surface area contributed by atoms with Crippen molar-refractivity contribution in [3.63, 3.8) is 0 Å². The molecule has 2 heterocycles. The highest BCUT2D eigenvalue weighted by Gasteiger charge is 2.26. The predicted octanol–water partition coefficient (Wildman–Crippen LogP) is 1.15. The molecule has 0 saturated carbocycles. The standard InChI is InChI=1S/C20H38N6O2.HI/c1-3-18(27)26-14-9-17(15-26)24-20(22-4-2)23-10-5-6-11-25-12-7-16(8-13-25)19(21)28;/h16-17H,3-15H2,1-2H3,(H2,21,28)(H2,22,23,24);1H. The van der Waals surface area contributed by atoms with Gasteiger partial charge in [-0.25, -0.2) is 0 Å². The lowest BCUT2D eigenvalue weighted by molar-refractivity contribution is -0.129. The molecule has 0 radical (unpaired) electrons. The van der Waals surface area contributed by atoms with Gasteiger partial charge in [-0.2, -0.15) is 0 Å². The van der Waals surface area contributed by atoms with E-state index in [1.54, 1.807) is 0 Å². The van der Waals surface area contributed by atoms with Gasteiger partial charge in [0.25, 0.3) is 0 Å². The van der Waals surface area contributed by atoms with Gasteiger partial charge in [-0.15, -0.1) is 24.0 Å². The van der Waals surface area contributed by atoms with Crippen LogP contribution in [0.5, 0.6) is 0 Å². The number of nitrogens with two attached hydrogens (primary N) is 1. The van der Waals surface area contributed by atoms with E-state index < -0.39 is 0 Å². The van der Waals surface area contributed by atoms with Crippen molar-refractivity contribution in [3.8, 4) is 0 Å². The minimum Gasteiger partial charge on any atom is -0.369 e. The second-order valence-electron chi connectivity index (χ2n) is 7.81. The Kier molecular flexibility index (Phi) is 12.5. The highest BCUT2D eigenvalue weighted by Crippen LogP contribution is 2.16. The van der Waals surface area contributed by atoms with Crippen LogP contribution in [-0.4, -0.2) is 79.4 Å². The van der Waals surface area contributed by atoms with Crippen LogP contribution in [0, 0.1) is 5.92 Å². The van der Waals surface area contributed by atoms with Crippen molar-refractivity contribution >= 4 is 41.8 Å². The summed E-state index contributed by atoms with van der Waals surface area (Å²) in [5.41, 5.74) is 5.39. The third-order valence-electron chi connectivity index (χ3n) is 5.67. The molecule has 8 nitrogen and oxygen atoms in total. The van der Waals surface area contributed by atoms with Gasteiger partial charge >= 0.3 is 0 Å². The minimum absolute atomic E-state index is 0. The molecule has 0 aliphatic carbocycles. The zero-order chi connectivity index (χ0) is 20.4. The lowest BCUT2D eigenvalue weighted by Gasteiger charge is -2.30. The molecule has 2 aliphatic heterocycles. The maximum atomic E-state index is 11.8. The van der Waals surface area contributed by atoms with E-state index in [0.29, 0.717) is 6.42 Å². The number of guanidine groups is 1. The van der Waals surface area contributed by atoms with E-state index >= 15 is 0 Å². The SMILES string of the molecule is CCNC(=NCCCCN1CCC(C(N)=O)CC1)NC1CCN(C(=O)CC)C1.I. The van der Waals surface area contributed by atoms with Gasteiger partial charge < -0.3 is 26.2 Å². The number of carbonyl (C=O) groups is 2. The van der Waals surface area contributed by atoms with E-state index in [2.05, 4.69) is 22.5 Å². The Morgan fingerprint density at radius 3 is 2.45 bits per heavy atom. The largest absolute Gasteiger partial charge is 0.369 e. The molecule has 2 fully saturated rings. The summed E-state index contributed by atoms with van der Waals surface area (Å²) in [5, 5.41) is 6.78. The van der Waals surface area contributed by atoms with E-state index in [-0.39, 0.29) is 47.8 Å². The molecule has 2 amide bonds. The minimum atomic E-state index is -0.151. The van der Waals surface area contributed by atoms with Gasteiger partial charge in [-0.05, 0) is 58.7 Å². The zero-order valence-corrected chi connectivity index (χ0v) is 20.3. The number of likely N-dealkylation sites (tertiary alicyclic amines) is 2. The third-order valence-corrected chi connectivity index (χ3v) is 5.67. The van der Waals surface area contributed by atoms with Crippen LogP contribution in [0.25, 0.3) is 0 Å². The average molecular weight is 522 g/mol. The summed E-state index contributed by atoms with van der Waals surface area (Å²) in [7, 11) is 0. The summed E-state index contributed by atoms with van der Waals surface area (Å²) >= 11 is 0. The number of amides is 2. The number of hydrogen-bond acceptors (Lipinski definition) is 4. The number of rotatable bonds is 9. The molecule has 168 valence electrons. The first-order valence-electron chi connectivity index (χ1n) is 10.9. The van der Waals surface area contributed by atoms with Crippen LogP contribution in [0.15, 0.2) is 4.99 Å². The van der Waals surface area contributed by atoms with Gasteiger partial charge in [0.05, 0.1) is 0 Å². The van der Waals surface area contributed by atoms with E-state index in [0.717, 1.165) is 83.9 Å². The number of nitrogens with zero attached hydrogens (tertiary/aromatic N) is 3. The Morgan fingerprint density at radius 2 is 1.83 bits per heavy atom. The van der Waals surface area contributed by atoms with Crippen molar-refractivity contribution < 1.29 is 9.59 Å². The van der Waals surface area contributed by atoms with Crippen LogP contribution in [-0.2, 0) is 9.59 Å². The number of nitrogens with one attached hydrogen (secondary N) is 2. The Morgan fingerprint density at radius 1 is 1.10 bits per heavy atom. The van der Waals surface area contributed by atoms with Crippen LogP contribution in [0.2, 0.25) is 0 Å². The summed E-state index contributed by atoms with van der Waals surface area (Å²) in [4.78, 5) is 32.1. The van der Waals surface area contributed by atoms with Crippen molar-refractivity contribution in [3.05, 3.63) is 0 Å². The first-order chi connectivity index (χ1) is 13.5. The molecule has 2 aliphatic rings. The third kappa shape index (κ3) is 9.06. The lowest BCUT2D eigenvalue weighted by Crippen LogP contribution is -2.45. The van der Waals surface area contributed by atoms with Crippen LogP contribution >= 0.6 is 24.0 Å². The summed E-state index contributed by atoms with van der Waals surface area (Å²) < 4.78 is 0. The highest BCUT2D eigenvalue weighted by molar-refractivity contribution is 14.0. The van der Waals surface area contributed by atoms with Gasteiger partial charge in [-0.3, -0.25) is 14.6 Å². The molecule has 2 saturated heterocycles.